The normalized spacial score (nSPS) is 57.2. The monoisotopic (exact) mass is 234 g/mol. The number of nitrogens with zero attached hydrogens (tertiary/aromatic N) is 1. The van der Waals surface area contributed by atoms with Crippen molar-refractivity contribution in [3.8, 4) is 0 Å². The largest absolute Gasteiger partial charge is 0.317 e. The van der Waals surface area contributed by atoms with Crippen molar-refractivity contribution in [3.63, 3.8) is 0 Å². The molecule has 0 aromatic rings. The zero-order valence-electron chi connectivity index (χ0n) is 11.2. The lowest BCUT2D eigenvalue weighted by atomic mass is 9.96. The first kappa shape index (κ1) is 10.8. The molecular weight excluding hydrogens is 208 g/mol. The van der Waals surface area contributed by atoms with E-state index in [1.54, 1.807) is 19.3 Å². The van der Waals surface area contributed by atoms with Crippen molar-refractivity contribution in [1.82, 2.24) is 10.2 Å². The fourth-order valence-corrected chi connectivity index (χ4v) is 5.62. The van der Waals surface area contributed by atoms with Crippen molar-refractivity contribution < 1.29 is 0 Å². The number of fused-ring (bicyclic) bond motifs is 5. The zero-order valence-corrected chi connectivity index (χ0v) is 11.2. The Labute approximate surface area is 105 Å². The Morgan fingerprint density at radius 2 is 1.71 bits per heavy atom. The Bertz CT molecular complexity index is 300. The lowest BCUT2D eigenvalue weighted by Gasteiger charge is -2.39. The van der Waals surface area contributed by atoms with Gasteiger partial charge in [0.1, 0.15) is 0 Å². The van der Waals surface area contributed by atoms with E-state index >= 15 is 0 Å². The van der Waals surface area contributed by atoms with Crippen LogP contribution in [0.3, 0.4) is 0 Å². The van der Waals surface area contributed by atoms with Crippen LogP contribution < -0.4 is 5.32 Å². The summed E-state index contributed by atoms with van der Waals surface area (Å²) >= 11 is 0. The van der Waals surface area contributed by atoms with Crippen molar-refractivity contribution in [1.29, 1.82) is 0 Å². The third-order valence-electron chi connectivity index (χ3n) is 6.41. The number of nitrogens with one attached hydrogen (secondary N) is 1. The Morgan fingerprint density at radius 1 is 1.00 bits per heavy atom. The van der Waals surface area contributed by atoms with Gasteiger partial charge in [-0.15, -0.1) is 0 Å². The molecule has 1 N–H and O–H groups in total. The summed E-state index contributed by atoms with van der Waals surface area (Å²) in [5.41, 5.74) is 0. The van der Waals surface area contributed by atoms with Gasteiger partial charge in [-0.3, -0.25) is 4.90 Å². The van der Waals surface area contributed by atoms with E-state index in [0.717, 1.165) is 41.8 Å². The van der Waals surface area contributed by atoms with Gasteiger partial charge >= 0.3 is 0 Å². The highest BCUT2D eigenvalue weighted by molar-refractivity contribution is 5.18. The van der Waals surface area contributed by atoms with Gasteiger partial charge < -0.3 is 5.32 Å². The quantitative estimate of drug-likeness (QED) is 0.787. The van der Waals surface area contributed by atoms with Crippen molar-refractivity contribution >= 4 is 0 Å². The summed E-state index contributed by atoms with van der Waals surface area (Å²) < 4.78 is 0. The first-order chi connectivity index (χ1) is 8.29. The van der Waals surface area contributed by atoms with Crippen molar-refractivity contribution in [3.05, 3.63) is 0 Å². The van der Waals surface area contributed by atoms with Crippen molar-refractivity contribution in [2.45, 2.75) is 57.2 Å². The molecule has 3 saturated carbocycles. The van der Waals surface area contributed by atoms with Crippen LogP contribution in [0.15, 0.2) is 0 Å². The molecule has 96 valence electrons. The molecule has 4 rings (SSSR count). The highest BCUT2D eigenvalue weighted by Crippen LogP contribution is 2.67. The van der Waals surface area contributed by atoms with Gasteiger partial charge in [0.2, 0.25) is 0 Å². The lowest BCUT2D eigenvalue weighted by Crippen LogP contribution is -2.48. The van der Waals surface area contributed by atoms with Crippen LogP contribution in [0.4, 0.5) is 0 Å². The Balaban J connectivity index is 1.44. The summed E-state index contributed by atoms with van der Waals surface area (Å²) in [5.74, 6) is 4.51. The molecule has 2 nitrogen and oxygen atoms in total. The fourth-order valence-electron chi connectivity index (χ4n) is 5.62. The highest BCUT2D eigenvalue weighted by Gasteiger charge is 2.67. The summed E-state index contributed by atoms with van der Waals surface area (Å²) in [6.07, 6.45) is 7.44. The number of likely N-dealkylation sites (tertiary alicyclic amines) is 1. The maximum Gasteiger partial charge on any atom is 0.0167 e. The Hall–Kier alpha value is -0.0800. The molecule has 1 saturated heterocycles. The summed E-state index contributed by atoms with van der Waals surface area (Å²) in [4.78, 5) is 2.88. The third-order valence-corrected chi connectivity index (χ3v) is 6.41. The summed E-state index contributed by atoms with van der Waals surface area (Å²) in [6, 6.07) is 2.60. The van der Waals surface area contributed by atoms with E-state index in [1.807, 2.05) is 0 Å². The van der Waals surface area contributed by atoms with Gasteiger partial charge in [-0.25, -0.2) is 0 Å². The van der Waals surface area contributed by atoms with Crippen LogP contribution in [0.1, 0.15) is 39.0 Å². The summed E-state index contributed by atoms with van der Waals surface area (Å²) in [7, 11) is 2.12. The molecule has 2 bridgehead atoms. The Morgan fingerprint density at radius 3 is 2.29 bits per heavy atom. The molecule has 6 unspecified atom stereocenters. The molecule has 2 heteroatoms. The van der Waals surface area contributed by atoms with E-state index in [0.29, 0.717) is 0 Å². The van der Waals surface area contributed by atoms with E-state index < -0.39 is 0 Å². The maximum absolute atomic E-state index is 3.47. The molecule has 3 aliphatic carbocycles. The predicted octanol–water partition coefficient (Wildman–Crippen LogP) is 2.10. The smallest absolute Gasteiger partial charge is 0.0167 e. The minimum Gasteiger partial charge on any atom is -0.317 e. The molecule has 0 amide bonds. The van der Waals surface area contributed by atoms with Crippen LogP contribution in [-0.2, 0) is 0 Å². The first-order valence-electron chi connectivity index (χ1n) is 7.72. The predicted molar refractivity (Wildman–Crippen MR) is 69.8 cm³/mol. The SMILES string of the molecule is CNC1CCN(C2C3C4CCC(C4)C32)C(C)C1. The first-order valence-corrected chi connectivity index (χ1v) is 7.72. The van der Waals surface area contributed by atoms with E-state index in [4.69, 9.17) is 0 Å². The van der Waals surface area contributed by atoms with E-state index in [-0.39, 0.29) is 0 Å². The Kier molecular flexibility index (Phi) is 2.36. The van der Waals surface area contributed by atoms with Gasteiger partial charge in [0, 0.05) is 24.7 Å². The van der Waals surface area contributed by atoms with Gasteiger partial charge in [-0.05, 0) is 69.7 Å². The molecular formula is C15H26N2. The second kappa shape index (κ2) is 3.71. The van der Waals surface area contributed by atoms with Gasteiger partial charge in [-0.1, -0.05) is 0 Å². The molecule has 4 fully saturated rings. The average molecular weight is 234 g/mol. The van der Waals surface area contributed by atoms with Crippen molar-refractivity contribution in [2.24, 2.45) is 23.7 Å². The molecule has 1 heterocycles. The van der Waals surface area contributed by atoms with Gasteiger partial charge in [0.15, 0.2) is 0 Å². The minimum absolute atomic E-state index is 0.775. The summed E-state index contributed by atoms with van der Waals surface area (Å²) in [6.45, 7) is 3.81. The van der Waals surface area contributed by atoms with Crippen LogP contribution in [0.25, 0.3) is 0 Å². The minimum atomic E-state index is 0.775. The molecule has 0 aromatic heterocycles. The average Bonchev–Trinajstić information content (AvgIpc) is 2.77. The van der Waals surface area contributed by atoms with Crippen molar-refractivity contribution in [2.75, 3.05) is 13.6 Å². The van der Waals surface area contributed by atoms with Crippen LogP contribution in [0, 0.1) is 23.7 Å². The number of rotatable bonds is 2. The zero-order chi connectivity index (χ0) is 11.6. The molecule has 1 aliphatic heterocycles. The molecule has 0 radical (unpaired) electrons. The highest BCUT2D eigenvalue weighted by atomic mass is 15.2. The van der Waals surface area contributed by atoms with E-state index in [2.05, 4.69) is 24.2 Å². The third kappa shape index (κ3) is 1.46. The van der Waals surface area contributed by atoms with Crippen LogP contribution >= 0.6 is 0 Å². The fraction of sp³-hybridized carbons (Fsp3) is 1.00. The standard InChI is InChI=1S/C15H26N2/c1-9-7-12(16-2)5-6-17(9)15-13-10-3-4-11(8-10)14(13)15/h9-16H,3-8H2,1-2H3. The second-order valence-corrected chi connectivity index (χ2v) is 7.08. The molecule has 0 aromatic carbocycles. The molecule has 6 atom stereocenters. The second-order valence-electron chi connectivity index (χ2n) is 7.08. The van der Waals surface area contributed by atoms with Crippen LogP contribution in [0.5, 0.6) is 0 Å². The van der Waals surface area contributed by atoms with Gasteiger partial charge in [-0.2, -0.15) is 0 Å². The molecule has 17 heavy (non-hydrogen) atoms. The topological polar surface area (TPSA) is 15.3 Å². The van der Waals surface area contributed by atoms with Crippen LogP contribution in [0.2, 0.25) is 0 Å². The number of hydrogen-bond donors (Lipinski definition) is 1. The van der Waals surface area contributed by atoms with E-state index in [9.17, 15) is 0 Å². The van der Waals surface area contributed by atoms with Crippen LogP contribution in [-0.4, -0.2) is 36.6 Å². The lowest BCUT2D eigenvalue weighted by molar-refractivity contribution is 0.109. The van der Waals surface area contributed by atoms with Gasteiger partial charge in [0.05, 0.1) is 0 Å². The number of hydrogen-bond acceptors (Lipinski definition) is 2. The van der Waals surface area contributed by atoms with E-state index in [1.165, 1.54) is 19.4 Å². The molecule has 0 spiro atoms. The number of piperidine rings is 1. The maximum atomic E-state index is 3.47. The summed E-state index contributed by atoms with van der Waals surface area (Å²) in [5, 5.41) is 3.47. The molecule has 4 aliphatic rings. The van der Waals surface area contributed by atoms with Gasteiger partial charge in [0.25, 0.3) is 0 Å².